The quantitative estimate of drug-likeness (QED) is 0.874. The van der Waals surface area contributed by atoms with Crippen molar-refractivity contribution in [2.24, 2.45) is 0 Å². The van der Waals surface area contributed by atoms with Crippen molar-refractivity contribution in [3.05, 3.63) is 38.3 Å². The molecular formula is C11H11BrN2O2S. The normalized spacial score (nSPS) is 10.5. The molecule has 0 saturated carbocycles. The van der Waals surface area contributed by atoms with Gasteiger partial charge in [0.1, 0.15) is 5.76 Å². The fraction of sp³-hybridized carbons (Fsp3) is 0.273. The molecule has 90 valence electrons. The van der Waals surface area contributed by atoms with Gasteiger partial charge in [-0.15, -0.1) is 11.3 Å². The van der Waals surface area contributed by atoms with E-state index < -0.39 is 0 Å². The van der Waals surface area contributed by atoms with Crippen molar-refractivity contribution in [2.75, 3.05) is 7.05 Å². The van der Waals surface area contributed by atoms with Crippen molar-refractivity contribution >= 4 is 33.2 Å². The van der Waals surface area contributed by atoms with Crippen LogP contribution in [-0.2, 0) is 6.54 Å². The maximum atomic E-state index is 12.0. The van der Waals surface area contributed by atoms with Gasteiger partial charge in [0.2, 0.25) is 0 Å². The zero-order chi connectivity index (χ0) is 12.4. The van der Waals surface area contributed by atoms with Crippen LogP contribution >= 0.6 is 27.3 Å². The summed E-state index contributed by atoms with van der Waals surface area (Å²) in [7, 11) is 1.75. The van der Waals surface area contributed by atoms with Gasteiger partial charge in [0, 0.05) is 27.8 Å². The van der Waals surface area contributed by atoms with E-state index in [4.69, 9.17) is 4.52 Å². The Morgan fingerprint density at radius 3 is 2.88 bits per heavy atom. The Hall–Kier alpha value is -1.14. The Kier molecular flexibility index (Phi) is 3.63. The van der Waals surface area contributed by atoms with Crippen LogP contribution < -0.4 is 0 Å². The Labute approximate surface area is 111 Å². The summed E-state index contributed by atoms with van der Waals surface area (Å²) in [5, 5.41) is 5.71. The van der Waals surface area contributed by atoms with Gasteiger partial charge >= 0.3 is 0 Å². The SMILES string of the molecule is Cc1cc(C(=O)N(C)Cc2cc(Br)cs2)no1. The van der Waals surface area contributed by atoms with E-state index in [-0.39, 0.29) is 5.91 Å². The van der Waals surface area contributed by atoms with Gasteiger partial charge in [-0.1, -0.05) is 5.16 Å². The monoisotopic (exact) mass is 314 g/mol. The van der Waals surface area contributed by atoms with Crippen molar-refractivity contribution in [3.63, 3.8) is 0 Å². The molecule has 2 aromatic rings. The zero-order valence-corrected chi connectivity index (χ0v) is 11.8. The van der Waals surface area contributed by atoms with Gasteiger partial charge in [0.05, 0.1) is 6.54 Å². The lowest BCUT2D eigenvalue weighted by Crippen LogP contribution is -2.26. The summed E-state index contributed by atoms with van der Waals surface area (Å²) in [5.74, 6) is 0.506. The molecule has 0 spiro atoms. The van der Waals surface area contributed by atoms with E-state index in [9.17, 15) is 4.79 Å². The molecule has 0 saturated heterocycles. The third kappa shape index (κ3) is 2.95. The standard InChI is InChI=1S/C11H11BrN2O2S/c1-7-3-10(13-16-7)11(15)14(2)5-9-4-8(12)6-17-9/h3-4,6H,5H2,1-2H3. The number of carbonyl (C=O) groups excluding carboxylic acids is 1. The van der Waals surface area contributed by atoms with E-state index in [0.717, 1.165) is 9.35 Å². The molecule has 2 rings (SSSR count). The molecule has 0 bridgehead atoms. The number of hydrogen-bond acceptors (Lipinski definition) is 4. The fourth-order valence-electron chi connectivity index (χ4n) is 1.41. The molecule has 17 heavy (non-hydrogen) atoms. The second-order valence-corrected chi connectivity index (χ2v) is 5.63. The van der Waals surface area contributed by atoms with E-state index in [1.807, 2.05) is 11.4 Å². The fourth-order valence-corrected chi connectivity index (χ4v) is 2.91. The van der Waals surface area contributed by atoms with Gasteiger partial charge in [-0.3, -0.25) is 4.79 Å². The summed E-state index contributed by atoms with van der Waals surface area (Å²) in [6.45, 7) is 2.33. The highest BCUT2D eigenvalue weighted by Gasteiger charge is 2.16. The van der Waals surface area contributed by atoms with E-state index >= 15 is 0 Å². The minimum absolute atomic E-state index is 0.133. The highest BCUT2D eigenvalue weighted by atomic mass is 79.9. The molecule has 0 aromatic carbocycles. The molecule has 0 fully saturated rings. The van der Waals surface area contributed by atoms with Gasteiger partial charge < -0.3 is 9.42 Å². The van der Waals surface area contributed by atoms with Gasteiger partial charge in [-0.2, -0.15) is 0 Å². The number of aryl methyl sites for hydroxylation is 1. The van der Waals surface area contributed by atoms with Crippen LogP contribution in [0.15, 0.2) is 26.5 Å². The molecule has 0 unspecified atom stereocenters. The molecule has 0 N–H and O–H groups in total. The molecule has 2 heterocycles. The third-order valence-corrected chi connectivity index (χ3v) is 3.89. The van der Waals surface area contributed by atoms with Gasteiger partial charge in [-0.25, -0.2) is 0 Å². The van der Waals surface area contributed by atoms with Crippen LogP contribution in [0.1, 0.15) is 21.1 Å². The molecule has 0 aliphatic heterocycles. The molecule has 0 atom stereocenters. The largest absolute Gasteiger partial charge is 0.361 e. The van der Waals surface area contributed by atoms with E-state index in [1.54, 1.807) is 36.3 Å². The van der Waals surface area contributed by atoms with Crippen molar-refractivity contribution in [1.29, 1.82) is 0 Å². The van der Waals surface area contributed by atoms with Crippen molar-refractivity contribution in [1.82, 2.24) is 10.1 Å². The minimum Gasteiger partial charge on any atom is -0.361 e. The molecule has 4 nitrogen and oxygen atoms in total. The average molecular weight is 315 g/mol. The zero-order valence-electron chi connectivity index (χ0n) is 9.44. The summed E-state index contributed by atoms with van der Waals surface area (Å²) in [4.78, 5) is 14.7. The number of rotatable bonds is 3. The number of nitrogens with zero attached hydrogens (tertiary/aromatic N) is 2. The summed E-state index contributed by atoms with van der Waals surface area (Å²) in [5.41, 5.74) is 0.348. The first kappa shape index (κ1) is 12.3. The number of thiophene rings is 1. The van der Waals surface area contributed by atoms with Gasteiger partial charge in [0.25, 0.3) is 5.91 Å². The van der Waals surface area contributed by atoms with E-state index in [0.29, 0.717) is 18.0 Å². The molecule has 0 radical (unpaired) electrons. The molecular weight excluding hydrogens is 304 g/mol. The first-order valence-electron chi connectivity index (χ1n) is 4.98. The van der Waals surface area contributed by atoms with Gasteiger partial charge in [0.15, 0.2) is 5.69 Å². The maximum Gasteiger partial charge on any atom is 0.276 e. The molecule has 6 heteroatoms. The number of aromatic nitrogens is 1. The topological polar surface area (TPSA) is 46.3 Å². The summed E-state index contributed by atoms with van der Waals surface area (Å²) in [6.07, 6.45) is 0. The Bertz CT molecular complexity index is 535. The number of hydrogen-bond donors (Lipinski definition) is 0. The summed E-state index contributed by atoms with van der Waals surface area (Å²) in [6, 6.07) is 3.64. The first-order valence-corrected chi connectivity index (χ1v) is 6.65. The van der Waals surface area contributed by atoms with Crippen LogP contribution in [0.25, 0.3) is 0 Å². The first-order chi connectivity index (χ1) is 8.06. The van der Waals surface area contributed by atoms with Gasteiger partial charge in [-0.05, 0) is 28.9 Å². The Morgan fingerprint density at radius 1 is 1.59 bits per heavy atom. The number of amides is 1. The lowest BCUT2D eigenvalue weighted by Gasteiger charge is -2.13. The highest BCUT2D eigenvalue weighted by Crippen LogP contribution is 2.21. The second kappa shape index (κ2) is 5.01. The van der Waals surface area contributed by atoms with Crippen LogP contribution in [0.2, 0.25) is 0 Å². The maximum absolute atomic E-state index is 12.0. The van der Waals surface area contributed by atoms with Crippen LogP contribution in [0.3, 0.4) is 0 Å². The lowest BCUT2D eigenvalue weighted by atomic mass is 10.3. The van der Waals surface area contributed by atoms with Crippen LogP contribution in [0, 0.1) is 6.92 Å². The second-order valence-electron chi connectivity index (χ2n) is 3.72. The number of halogens is 1. The summed E-state index contributed by atoms with van der Waals surface area (Å²) < 4.78 is 5.93. The van der Waals surface area contributed by atoms with E-state index in [1.165, 1.54) is 0 Å². The summed E-state index contributed by atoms with van der Waals surface area (Å²) >= 11 is 5.00. The smallest absolute Gasteiger partial charge is 0.276 e. The predicted molar refractivity (Wildman–Crippen MR) is 69.1 cm³/mol. The molecule has 2 aromatic heterocycles. The molecule has 0 aliphatic carbocycles. The lowest BCUT2D eigenvalue weighted by molar-refractivity contribution is 0.0776. The molecule has 0 aliphatic rings. The number of carbonyl (C=O) groups is 1. The Morgan fingerprint density at radius 2 is 2.35 bits per heavy atom. The molecule has 1 amide bonds. The van der Waals surface area contributed by atoms with Crippen LogP contribution in [-0.4, -0.2) is 23.0 Å². The van der Waals surface area contributed by atoms with Crippen LogP contribution in [0.5, 0.6) is 0 Å². The predicted octanol–water partition coefficient (Wildman–Crippen LogP) is 3.08. The van der Waals surface area contributed by atoms with Crippen molar-refractivity contribution < 1.29 is 9.32 Å². The highest BCUT2D eigenvalue weighted by molar-refractivity contribution is 9.10. The Balaban J connectivity index is 2.05. The van der Waals surface area contributed by atoms with Crippen molar-refractivity contribution in [3.8, 4) is 0 Å². The minimum atomic E-state index is -0.133. The van der Waals surface area contributed by atoms with Crippen LogP contribution in [0.4, 0.5) is 0 Å². The third-order valence-electron chi connectivity index (χ3n) is 2.21. The van der Waals surface area contributed by atoms with E-state index in [2.05, 4.69) is 21.1 Å². The average Bonchev–Trinajstić information content (AvgIpc) is 2.87. The van der Waals surface area contributed by atoms with Crippen molar-refractivity contribution in [2.45, 2.75) is 13.5 Å².